The highest BCUT2D eigenvalue weighted by Crippen LogP contribution is 2.13. The lowest BCUT2D eigenvalue weighted by Crippen LogP contribution is -2.41. The number of amides is 2. The minimum atomic E-state index is -0.714. The van der Waals surface area contributed by atoms with E-state index in [1.807, 2.05) is 38.1 Å². The van der Waals surface area contributed by atoms with Gasteiger partial charge in [0.1, 0.15) is 0 Å². The smallest absolute Gasteiger partial charge is 0.329 e. The molecule has 5 heteroatoms. The monoisotopic (exact) mass is 289 g/mol. The van der Waals surface area contributed by atoms with Gasteiger partial charge in [-0.2, -0.15) is 5.10 Å². The van der Waals surface area contributed by atoms with Crippen LogP contribution >= 0.6 is 0 Å². The number of rotatable bonds is 5. The predicted octanol–water partition coefficient (Wildman–Crippen LogP) is 2.13. The molecule has 1 aromatic rings. The third kappa shape index (κ3) is 5.02. The molecule has 0 aliphatic heterocycles. The third-order valence-electron chi connectivity index (χ3n) is 3.23. The van der Waals surface area contributed by atoms with E-state index in [2.05, 4.69) is 24.4 Å². The molecule has 0 saturated heterocycles. The molecule has 0 radical (unpaired) electrons. The van der Waals surface area contributed by atoms with Crippen molar-refractivity contribution in [1.29, 1.82) is 0 Å². The van der Waals surface area contributed by atoms with Crippen LogP contribution in [0, 0.1) is 0 Å². The number of benzene rings is 1. The van der Waals surface area contributed by atoms with Gasteiger partial charge in [-0.15, -0.1) is 0 Å². The average molecular weight is 289 g/mol. The molecule has 0 spiro atoms. The van der Waals surface area contributed by atoms with Crippen molar-refractivity contribution in [2.45, 2.75) is 33.6 Å². The maximum absolute atomic E-state index is 11.7. The van der Waals surface area contributed by atoms with Gasteiger partial charge >= 0.3 is 11.8 Å². The second kappa shape index (κ2) is 8.19. The van der Waals surface area contributed by atoms with Crippen LogP contribution in [0.3, 0.4) is 0 Å². The van der Waals surface area contributed by atoms with E-state index >= 15 is 0 Å². The van der Waals surface area contributed by atoms with Gasteiger partial charge in [-0.25, -0.2) is 5.43 Å². The van der Waals surface area contributed by atoms with E-state index in [0.717, 1.165) is 5.56 Å². The Kier molecular flexibility index (Phi) is 6.59. The van der Waals surface area contributed by atoms with Gasteiger partial charge in [0.25, 0.3) is 0 Å². The predicted molar refractivity (Wildman–Crippen MR) is 84.2 cm³/mol. The number of likely N-dealkylation sites (N-methyl/N-ethyl adjacent to an activating group) is 1. The molecule has 0 heterocycles. The van der Waals surface area contributed by atoms with Crippen molar-refractivity contribution >= 4 is 18.0 Å². The van der Waals surface area contributed by atoms with E-state index < -0.39 is 11.8 Å². The van der Waals surface area contributed by atoms with Crippen LogP contribution in [-0.4, -0.2) is 36.0 Å². The standard InChI is InChI=1S/C16H23N3O2/c1-5-19(6-2)16(21)15(20)18-17-11-13-7-9-14(10-8-13)12(3)4/h7-12H,5-6H2,1-4H3,(H,18,20). The van der Waals surface area contributed by atoms with Crippen molar-refractivity contribution in [2.75, 3.05) is 13.1 Å². The van der Waals surface area contributed by atoms with E-state index in [1.165, 1.54) is 16.7 Å². The number of hydrogen-bond acceptors (Lipinski definition) is 3. The van der Waals surface area contributed by atoms with E-state index in [0.29, 0.717) is 19.0 Å². The second-order valence-electron chi connectivity index (χ2n) is 5.00. The van der Waals surface area contributed by atoms with Gasteiger partial charge in [0, 0.05) is 13.1 Å². The normalized spacial score (nSPS) is 10.9. The summed E-state index contributed by atoms with van der Waals surface area (Å²) in [5.74, 6) is -0.802. The average Bonchev–Trinajstić information content (AvgIpc) is 2.48. The summed E-state index contributed by atoms with van der Waals surface area (Å²) >= 11 is 0. The molecule has 0 saturated carbocycles. The van der Waals surface area contributed by atoms with Crippen LogP contribution in [0.4, 0.5) is 0 Å². The molecule has 0 aliphatic carbocycles. The zero-order valence-electron chi connectivity index (χ0n) is 13.1. The fourth-order valence-electron chi connectivity index (χ4n) is 1.83. The molecule has 1 aromatic carbocycles. The minimum absolute atomic E-state index is 0.474. The van der Waals surface area contributed by atoms with E-state index in [9.17, 15) is 9.59 Å². The van der Waals surface area contributed by atoms with Crippen LogP contribution in [0.1, 0.15) is 44.7 Å². The Morgan fingerprint density at radius 3 is 2.24 bits per heavy atom. The SMILES string of the molecule is CCN(CC)C(=O)C(=O)NN=Cc1ccc(C(C)C)cc1. The number of carbonyl (C=O) groups excluding carboxylic acids is 2. The Balaban J connectivity index is 2.58. The zero-order valence-corrected chi connectivity index (χ0v) is 13.1. The van der Waals surface area contributed by atoms with Gasteiger partial charge in [-0.1, -0.05) is 38.1 Å². The summed E-state index contributed by atoms with van der Waals surface area (Å²) in [6.45, 7) is 8.92. The summed E-state index contributed by atoms with van der Waals surface area (Å²) in [7, 11) is 0. The van der Waals surface area contributed by atoms with Gasteiger partial charge in [-0.05, 0) is 30.9 Å². The van der Waals surface area contributed by atoms with Gasteiger partial charge in [-0.3, -0.25) is 9.59 Å². The highest BCUT2D eigenvalue weighted by atomic mass is 16.2. The topological polar surface area (TPSA) is 61.8 Å². The van der Waals surface area contributed by atoms with Crippen molar-refractivity contribution in [3.63, 3.8) is 0 Å². The fraction of sp³-hybridized carbons (Fsp3) is 0.438. The third-order valence-corrected chi connectivity index (χ3v) is 3.23. The molecule has 1 N–H and O–H groups in total. The summed E-state index contributed by atoms with van der Waals surface area (Å²) < 4.78 is 0. The lowest BCUT2D eigenvalue weighted by Gasteiger charge is -2.16. The first kappa shape index (κ1) is 16.9. The van der Waals surface area contributed by atoms with Crippen LogP contribution in [0.25, 0.3) is 0 Å². The summed E-state index contributed by atoms with van der Waals surface area (Å²) in [6.07, 6.45) is 1.53. The molecule has 0 aliphatic rings. The second-order valence-corrected chi connectivity index (χ2v) is 5.00. The van der Waals surface area contributed by atoms with Crippen LogP contribution in [0.2, 0.25) is 0 Å². The largest absolute Gasteiger partial charge is 0.335 e. The Hall–Kier alpha value is -2.17. The summed E-state index contributed by atoms with van der Waals surface area (Å²) in [5, 5.41) is 3.82. The van der Waals surface area contributed by atoms with Crippen LogP contribution < -0.4 is 5.43 Å². The van der Waals surface area contributed by atoms with Gasteiger partial charge < -0.3 is 4.90 Å². The lowest BCUT2D eigenvalue weighted by molar-refractivity contribution is -0.145. The van der Waals surface area contributed by atoms with E-state index in [4.69, 9.17) is 0 Å². The first-order valence-electron chi connectivity index (χ1n) is 7.21. The molecule has 5 nitrogen and oxygen atoms in total. The maximum atomic E-state index is 11.7. The number of hydrazone groups is 1. The Morgan fingerprint density at radius 1 is 1.19 bits per heavy atom. The molecule has 0 bridgehead atoms. The molecule has 0 unspecified atom stereocenters. The lowest BCUT2D eigenvalue weighted by atomic mass is 10.0. The van der Waals surface area contributed by atoms with Crippen LogP contribution in [-0.2, 0) is 9.59 Å². The van der Waals surface area contributed by atoms with Gasteiger partial charge in [0.2, 0.25) is 0 Å². The molecule has 2 amide bonds. The molecule has 0 fully saturated rings. The van der Waals surface area contributed by atoms with Crippen LogP contribution in [0.15, 0.2) is 29.4 Å². The highest BCUT2D eigenvalue weighted by molar-refractivity contribution is 6.34. The molecule has 0 atom stereocenters. The van der Waals surface area contributed by atoms with E-state index in [-0.39, 0.29) is 0 Å². The molecular formula is C16H23N3O2. The Labute approximate surface area is 126 Å². The van der Waals surface area contributed by atoms with Gasteiger partial charge in [0.15, 0.2) is 0 Å². The van der Waals surface area contributed by atoms with Crippen molar-refractivity contribution in [2.24, 2.45) is 5.10 Å². The summed E-state index contributed by atoms with van der Waals surface area (Å²) in [6, 6.07) is 7.90. The van der Waals surface area contributed by atoms with E-state index in [1.54, 1.807) is 0 Å². The number of nitrogens with one attached hydrogen (secondary N) is 1. The zero-order chi connectivity index (χ0) is 15.8. The Bertz CT molecular complexity index is 503. The summed E-state index contributed by atoms with van der Waals surface area (Å²) in [4.78, 5) is 24.8. The van der Waals surface area contributed by atoms with Crippen molar-refractivity contribution in [3.05, 3.63) is 35.4 Å². The van der Waals surface area contributed by atoms with Crippen LogP contribution in [0.5, 0.6) is 0 Å². The summed E-state index contributed by atoms with van der Waals surface area (Å²) in [5.41, 5.74) is 4.37. The van der Waals surface area contributed by atoms with Crippen molar-refractivity contribution in [3.8, 4) is 0 Å². The quantitative estimate of drug-likeness (QED) is 0.513. The first-order valence-corrected chi connectivity index (χ1v) is 7.21. The first-order chi connectivity index (χ1) is 9.99. The van der Waals surface area contributed by atoms with Crippen molar-refractivity contribution in [1.82, 2.24) is 10.3 Å². The number of hydrogen-bond donors (Lipinski definition) is 1. The molecular weight excluding hydrogens is 266 g/mol. The molecule has 0 aromatic heterocycles. The maximum Gasteiger partial charge on any atom is 0.329 e. The molecule has 114 valence electrons. The Morgan fingerprint density at radius 2 is 1.76 bits per heavy atom. The van der Waals surface area contributed by atoms with Gasteiger partial charge in [0.05, 0.1) is 6.21 Å². The van der Waals surface area contributed by atoms with Crippen molar-refractivity contribution < 1.29 is 9.59 Å². The number of nitrogens with zero attached hydrogens (tertiary/aromatic N) is 2. The molecule has 1 rings (SSSR count). The molecule has 21 heavy (non-hydrogen) atoms. The minimum Gasteiger partial charge on any atom is -0.335 e. The highest BCUT2D eigenvalue weighted by Gasteiger charge is 2.18. The fourth-order valence-corrected chi connectivity index (χ4v) is 1.83. The number of carbonyl (C=O) groups is 2.